The summed E-state index contributed by atoms with van der Waals surface area (Å²) in [4.78, 5) is 29.6. The number of carbonyl (C=O) groups excluding carboxylic acids is 1. The topological polar surface area (TPSA) is 64.0 Å². The molecule has 1 heterocycles. The fourth-order valence-electron chi connectivity index (χ4n) is 3.93. The Bertz CT molecular complexity index is 1050. The van der Waals surface area contributed by atoms with Crippen molar-refractivity contribution < 1.29 is 9.18 Å². The number of nitrogens with zero attached hydrogens (tertiary/aromatic N) is 2. The molecule has 0 unspecified atom stereocenters. The standard InChI is InChI=1S/C21H20FN3O2/c22-16-7-5-6-15(12-16)21(10-3-4-11-21)24-19(26)13-25-14-23-18-9-2-1-8-17(18)20(25)27/h1-2,5-9,12,14H,3-4,10-11,13H2,(H,24,26). The Kier molecular flexibility index (Phi) is 4.48. The number of fused-ring (bicyclic) bond motifs is 1. The van der Waals surface area contributed by atoms with Gasteiger partial charge in [-0.05, 0) is 42.7 Å². The molecule has 6 heteroatoms. The summed E-state index contributed by atoms with van der Waals surface area (Å²) in [6.45, 7) is -0.117. The lowest BCUT2D eigenvalue weighted by atomic mass is 9.88. The molecule has 0 aliphatic heterocycles. The van der Waals surface area contributed by atoms with E-state index in [0.29, 0.717) is 10.9 Å². The first-order chi connectivity index (χ1) is 13.1. The van der Waals surface area contributed by atoms with Gasteiger partial charge in [-0.3, -0.25) is 14.2 Å². The van der Waals surface area contributed by atoms with E-state index < -0.39 is 5.54 Å². The Hall–Kier alpha value is -3.02. The van der Waals surface area contributed by atoms with Gasteiger partial charge in [0.05, 0.1) is 22.8 Å². The molecular weight excluding hydrogens is 345 g/mol. The van der Waals surface area contributed by atoms with Crippen molar-refractivity contribution in [1.82, 2.24) is 14.9 Å². The lowest BCUT2D eigenvalue weighted by Gasteiger charge is -2.31. The fraction of sp³-hybridized carbons (Fsp3) is 0.286. The summed E-state index contributed by atoms with van der Waals surface area (Å²) in [5.74, 6) is -0.594. The molecular formula is C21H20FN3O2. The molecule has 1 aromatic heterocycles. The van der Waals surface area contributed by atoms with E-state index in [1.807, 2.05) is 12.1 Å². The number of halogens is 1. The highest BCUT2D eigenvalue weighted by molar-refractivity contribution is 5.79. The van der Waals surface area contributed by atoms with Crippen LogP contribution in [0.2, 0.25) is 0 Å². The molecule has 27 heavy (non-hydrogen) atoms. The van der Waals surface area contributed by atoms with Gasteiger partial charge in [0, 0.05) is 0 Å². The number of carbonyl (C=O) groups is 1. The van der Waals surface area contributed by atoms with Gasteiger partial charge in [0.15, 0.2) is 0 Å². The minimum atomic E-state index is -0.576. The summed E-state index contributed by atoms with van der Waals surface area (Å²) >= 11 is 0. The molecule has 1 aliphatic carbocycles. The van der Waals surface area contributed by atoms with Gasteiger partial charge in [-0.2, -0.15) is 0 Å². The van der Waals surface area contributed by atoms with Crippen molar-refractivity contribution in [2.45, 2.75) is 37.8 Å². The van der Waals surface area contributed by atoms with E-state index in [4.69, 9.17) is 0 Å². The number of para-hydroxylation sites is 1. The molecule has 0 atom stereocenters. The van der Waals surface area contributed by atoms with Crippen molar-refractivity contribution in [3.8, 4) is 0 Å². The number of hydrogen-bond acceptors (Lipinski definition) is 3. The van der Waals surface area contributed by atoms with Gasteiger partial charge in [0.25, 0.3) is 5.56 Å². The molecule has 1 aliphatic rings. The van der Waals surface area contributed by atoms with Crippen LogP contribution in [0, 0.1) is 5.82 Å². The van der Waals surface area contributed by atoms with Crippen molar-refractivity contribution in [3.63, 3.8) is 0 Å². The Morgan fingerprint density at radius 3 is 2.70 bits per heavy atom. The molecule has 0 bridgehead atoms. The predicted octanol–water partition coefficient (Wildman–Crippen LogP) is 3.12. The quantitative estimate of drug-likeness (QED) is 0.773. The first-order valence-electron chi connectivity index (χ1n) is 9.09. The van der Waals surface area contributed by atoms with Gasteiger partial charge in [0.2, 0.25) is 5.91 Å². The van der Waals surface area contributed by atoms with Gasteiger partial charge >= 0.3 is 0 Å². The average molecular weight is 365 g/mol. The number of hydrogen-bond donors (Lipinski definition) is 1. The maximum atomic E-state index is 13.7. The third-order valence-corrected chi connectivity index (χ3v) is 5.26. The monoisotopic (exact) mass is 365 g/mol. The van der Waals surface area contributed by atoms with E-state index in [2.05, 4.69) is 10.3 Å². The van der Waals surface area contributed by atoms with Crippen LogP contribution >= 0.6 is 0 Å². The number of benzene rings is 2. The van der Waals surface area contributed by atoms with Crippen molar-refractivity contribution in [1.29, 1.82) is 0 Å². The highest BCUT2D eigenvalue weighted by atomic mass is 19.1. The van der Waals surface area contributed by atoms with Crippen LogP contribution in [-0.4, -0.2) is 15.5 Å². The second-order valence-electron chi connectivity index (χ2n) is 7.04. The van der Waals surface area contributed by atoms with Gasteiger partial charge in [-0.15, -0.1) is 0 Å². The molecule has 0 saturated heterocycles. The van der Waals surface area contributed by atoms with Crippen LogP contribution in [0.5, 0.6) is 0 Å². The van der Waals surface area contributed by atoms with Crippen molar-refractivity contribution in [2.75, 3.05) is 0 Å². The van der Waals surface area contributed by atoms with Crippen molar-refractivity contribution in [3.05, 3.63) is 76.6 Å². The minimum absolute atomic E-state index is 0.117. The summed E-state index contributed by atoms with van der Waals surface area (Å²) in [6.07, 6.45) is 4.84. The van der Waals surface area contributed by atoms with Crippen molar-refractivity contribution >= 4 is 16.8 Å². The van der Waals surface area contributed by atoms with Crippen LogP contribution < -0.4 is 10.9 Å². The van der Waals surface area contributed by atoms with Gasteiger partial charge in [-0.1, -0.05) is 37.1 Å². The van der Waals surface area contributed by atoms with Crippen LogP contribution in [0.3, 0.4) is 0 Å². The first-order valence-corrected chi connectivity index (χ1v) is 9.09. The summed E-state index contributed by atoms with van der Waals surface area (Å²) in [5.41, 5.74) is 0.554. The van der Waals surface area contributed by atoms with E-state index in [1.165, 1.54) is 23.0 Å². The molecule has 1 N–H and O–H groups in total. The Labute approximate surface area is 155 Å². The van der Waals surface area contributed by atoms with E-state index >= 15 is 0 Å². The Morgan fingerprint density at radius 2 is 1.93 bits per heavy atom. The maximum absolute atomic E-state index is 13.7. The van der Waals surface area contributed by atoms with E-state index in [9.17, 15) is 14.0 Å². The maximum Gasteiger partial charge on any atom is 0.261 e. The summed E-state index contributed by atoms with van der Waals surface area (Å²) in [6, 6.07) is 13.4. The highest BCUT2D eigenvalue weighted by Gasteiger charge is 2.37. The van der Waals surface area contributed by atoms with Crippen LogP contribution in [-0.2, 0) is 16.9 Å². The van der Waals surface area contributed by atoms with Gasteiger partial charge in [0.1, 0.15) is 12.4 Å². The number of nitrogens with one attached hydrogen (secondary N) is 1. The second kappa shape index (κ2) is 6.95. The molecule has 0 radical (unpaired) electrons. The lowest BCUT2D eigenvalue weighted by molar-refractivity contribution is -0.123. The second-order valence-corrected chi connectivity index (χ2v) is 7.04. The Morgan fingerprint density at radius 1 is 1.15 bits per heavy atom. The zero-order valence-electron chi connectivity index (χ0n) is 14.8. The number of rotatable bonds is 4. The SMILES string of the molecule is O=C(Cn1cnc2ccccc2c1=O)NC1(c2cccc(F)c2)CCCC1. The fourth-order valence-corrected chi connectivity index (χ4v) is 3.93. The van der Waals surface area contributed by atoms with Gasteiger partial charge in [-0.25, -0.2) is 9.37 Å². The summed E-state index contributed by atoms with van der Waals surface area (Å²) < 4.78 is 15.0. The molecule has 0 spiro atoms. The minimum Gasteiger partial charge on any atom is -0.345 e. The van der Waals surface area contributed by atoms with Crippen LogP contribution in [0.1, 0.15) is 31.2 Å². The van der Waals surface area contributed by atoms with Crippen LogP contribution in [0.4, 0.5) is 4.39 Å². The molecule has 1 amide bonds. The lowest BCUT2D eigenvalue weighted by Crippen LogP contribution is -2.46. The van der Waals surface area contributed by atoms with Crippen LogP contribution in [0.15, 0.2) is 59.7 Å². The van der Waals surface area contributed by atoms with Crippen LogP contribution in [0.25, 0.3) is 10.9 Å². The molecule has 3 aromatic rings. The highest BCUT2D eigenvalue weighted by Crippen LogP contribution is 2.38. The summed E-state index contributed by atoms with van der Waals surface area (Å²) in [5, 5.41) is 3.55. The summed E-state index contributed by atoms with van der Waals surface area (Å²) in [7, 11) is 0. The zero-order chi connectivity index (χ0) is 18.9. The predicted molar refractivity (Wildman–Crippen MR) is 101 cm³/mol. The zero-order valence-corrected chi connectivity index (χ0v) is 14.8. The normalized spacial score (nSPS) is 15.7. The van der Waals surface area contributed by atoms with Crippen molar-refractivity contribution in [2.24, 2.45) is 0 Å². The van der Waals surface area contributed by atoms with E-state index in [1.54, 1.807) is 24.3 Å². The number of aromatic nitrogens is 2. The third-order valence-electron chi connectivity index (χ3n) is 5.26. The largest absolute Gasteiger partial charge is 0.345 e. The first kappa shape index (κ1) is 17.4. The molecule has 4 rings (SSSR count). The molecule has 5 nitrogen and oxygen atoms in total. The Balaban J connectivity index is 1.60. The number of amides is 1. The third kappa shape index (κ3) is 3.35. The van der Waals surface area contributed by atoms with E-state index in [0.717, 1.165) is 31.2 Å². The van der Waals surface area contributed by atoms with Gasteiger partial charge < -0.3 is 5.32 Å². The molecule has 138 valence electrons. The smallest absolute Gasteiger partial charge is 0.261 e. The average Bonchev–Trinajstić information content (AvgIpc) is 3.14. The van der Waals surface area contributed by atoms with E-state index in [-0.39, 0.29) is 23.8 Å². The molecule has 2 aromatic carbocycles. The molecule has 1 fully saturated rings. The molecule has 1 saturated carbocycles.